The van der Waals surface area contributed by atoms with Crippen LogP contribution in [-0.2, 0) is 14.3 Å². The molecule has 2 rings (SSSR count). The molecule has 0 aliphatic carbocycles. The predicted octanol–water partition coefficient (Wildman–Crippen LogP) is 3.88. The molecule has 0 spiro atoms. The van der Waals surface area contributed by atoms with Crippen molar-refractivity contribution in [2.45, 2.75) is 84.2 Å². The van der Waals surface area contributed by atoms with E-state index in [0.29, 0.717) is 25.7 Å². The third kappa shape index (κ3) is 10.3. The number of alkyl carbamates (subject to hydrolysis) is 1. The molecule has 3 atom stereocenters. The van der Waals surface area contributed by atoms with Gasteiger partial charge in [-0.05, 0) is 66.0 Å². The molecule has 158 valence electrons. The SMILES string of the molecule is CC1CC(O)CCC[C@H](NC(=O)OC(C)(C)C)C(=O)O1.Cc1ccc(F)cc1. The van der Waals surface area contributed by atoms with Crippen LogP contribution in [0.1, 0.15) is 58.9 Å². The number of ether oxygens (including phenoxy) is 2. The van der Waals surface area contributed by atoms with Crippen LogP contribution in [0.25, 0.3) is 0 Å². The van der Waals surface area contributed by atoms with Gasteiger partial charge in [0.25, 0.3) is 0 Å². The van der Waals surface area contributed by atoms with Crippen LogP contribution in [0.5, 0.6) is 0 Å². The molecule has 0 saturated carbocycles. The Labute approximate surface area is 166 Å². The minimum absolute atomic E-state index is 0.171. The van der Waals surface area contributed by atoms with Gasteiger partial charge in [-0.1, -0.05) is 17.7 Å². The van der Waals surface area contributed by atoms with Crippen molar-refractivity contribution in [1.29, 1.82) is 0 Å². The van der Waals surface area contributed by atoms with Crippen LogP contribution < -0.4 is 5.32 Å². The van der Waals surface area contributed by atoms with Gasteiger partial charge in [-0.15, -0.1) is 0 Å². The standard InChI is InChI=1S/C14H25NO5.C7H7F/c1-9-8-10(16)6-5-7-11(12(17)19-9)15-13(18)20-14(2,3)4;1-6-2-4-7(8)5-3-6/h9-11,16H,5-8H2,1-4H3,(H,15,18);2-5H,1H3/t9?,10?,11-;/m0./s1. The zero-order valence-electron chi connectivity index (χ0n) is 17.3. The number of aliphatic hydroxyl groups excluding tert-OH is 1. The van der Waals surface area contributed by atoms with E-state index >= 15 is 0 Å². The van der Waals surface area contributed by atoms with E-state index < -0.39 is 29.8 Å². The number of carbonyl (C=O) groups is 2. The smallest absolute Gasteiger partial charge is 0.408 e. The van der Waals surface area contributed by atoms with Crippen LogP contribution in [0, 0.1) is 12.7 Å². The monoisotopic (exact) mass is 397 g/mol. The predicted molar refractivity (Wildman–Crippen MR) is 104 cm³/mol. The molecule has 1 aliphatic heterocycles. The van der Waals surface area contributed by atoms with E-state index in [4.69, 9.17) is 9.47 Å². The number of esters is 1. The average molecular weight is 397 g/mol. The molecule has 0 radical (unpaired) electrons. The van der Waals surface area contributed by atoms with Crippen LogP contribution in [0.15, 0.2) is 24.3 Å². The number of carbonyl (C=O) groups excluding carboxylic acids is 2. The molecule has 6 nitrogen and oxygen atoms in total. The van der Waals surface area contributed by atoms with Crippen LogP contribution in [-0.4, -0.2) is 41.0 Å². The van der Waals surface area contributed by atoms with Gasteiger partial charge in [0.2, 0.25) is 0 Å². The van der Waals surface area contributed by atoms with E-state index in [1.165, 1.54) is 12.1 Å². The van der Waals surface area contributed by atoms with Gasteiger partial charge >= 0.3 is 12.1 Å². The number of hydrogen-bond donors (Lipinski definition) is 2. The molecule has 0 aromatic heterocycles. The van der Waals surface area contributed by atoms with E-state index in [-0.39, 0.29) is 11.9 Å². The Morgan fingerprint density at radius 3 is 2.39 bits per heavy atom. The van der Waals surface area contributed by atoms with Gasteiger partial charge in [-0.25, -0.2) is 14.0 Å². The highest BCUT2D eigenvalue weighted by Gasteiger charge is 2.28. The van der Waals surface area contributed by atoms with Crippen molar-refractivity contribution in [3.05, 3.63) is 35.6 Å². The first kappa shape index (κ1) is 23.9. The number of hydrogen-bond acceptors (Lipinski definition) is 5. The number of benzene rings is 1. The van der Waals surface area contributed by atoms with Crippen molar-refractivity contribution < 1.29 is 28.6 Å². The highest BCUT2D eigenvalue weighted by molar-refractivity contribution is 5.81. The molecule has 28 heavy (non-hydrogen) atoms. The van der Waals surface area contributed by atoms with Crippen molar-refractivity contribution in [3.8, 4) is 0 Å². The molecule has 2 unspecified atom stereocenters. The lowest BCUT2D eigenvalue weighted by molar-refractivity contribution is -0.151. The molecule has 7 heteroatoms. The summed E-state index contributed by atoms with van der Waals surface area (Å²) < 4.78 is 22.4. The van der Waals surface area contributed by atoms with Gasteiger partial charge in [0.05, 0.1) is 6.10 Å². The molecule has 1 amide bonds. The van der Waals surface area contributed by atoms with Crippen LogP contribution in [0.4, 0.5) is 9.18 Å². The summed E-state index contributed by atoms with van der Waals surface area (Å²) >= 11 is 0. The zero-order chi connectivity index (χ0) is 21.3. The van der Waals surface area contributed by atoms with Gasteiger partial charge in [-0.3, -0.25) is 0 Å². The zero-order valence-corrected chi connectivity index (χ0v) is 17.3. The molecule has 1 aromatic rings. The molecule has 1 aromatic carbocycles. The van der Waals surface area contributed by atoms with Crippen molar-refractivity contribution in [1.82, 2.24) is 5.32 Å². The number of amides is 1. The number of rotatable bonds is 1. The lowest BCUT2D eigenvalue weighted by atomic mass is 10.0. The molecule has 1 saturated heterocycles. The first-order valence-corrected chi connectivity index (χ1v) is 9.56. The van der Waals surface area contributed by atoms with Crippen LogP contribution in [0.3, 0.4) is 0 Å². The summed E-state index contributed by atoms with van der Waals surface area (Å²) in [6, 6.07) is 5.67. The lowest BCUT2D eigenvalue weighted by Gasteiger charge is -2.23. The van der Waals surface area contributed by atoms with Crippen LogP contribution in [0.2, 0.25) is 0 Å². The maximum atomic E-state index is 12.1. The normalized spacial score (nSPS) is 23.1. The number of halogens is 1. The molecule has 1 heterocycles. The first-order chi connectivity index (χ1) is 13.0. The fraction of sp³-hybridized carbons (Fsp3) is 0.619. The van der Waals surface area contributed by atoms with E-state index in [9.17, 15) is 19.1 Å². The third-order valence-corrected chi connectivity index (χ3v) is 3.94. The minimum atomic E-state index is -0.724. The second-order valence-corrected chi connectivity index (χ2v) is 8.06. The molecular formula is C21H32FNO5. The van der Waals surface area contributed by atoms with Crippen molar-refractivity contribution in [3.63, 3.8) is 0 Å². The van der Waals surface area contributed by atoms with Gasteiger partial charge < -0.3 is 19.9 Å². The van der Waals surface area contributed by atoms with Crippen molar-refractivity contribution in [2.24, 2.45) is 0 Å². The quantitative estimate of drug-likeness (QED) is 0.703. The second kappa shape index (κ2) is 11.0. The third-order valence-electron chi connectivity index (χ3n) is 3.94. The summed E-state index contributed by atoms with van der Waals surface area (Å²) in [5.41, 5.74) is 0.474. The maximum absolute atomic E-state index is 12.1. The topological polar surface area (TPSA) is 84.9 Å². The number of aliphatic hydroxyl groups is 1. The van der Waals surface area contributed by atoms with E-state index in [1.54, 1.807) is 39.8 Å². The van der Waals surface area contributed by atoms with Gasteiger partial charge in [0, 0.05) is 6.42 Å². The molecule has 1 aliphatic rings. The Morgan fingerprint density at radius 2 is 1.86 bits per heavy atom. The summed E-state index contributed by atoms with van der Waals surface area (Å²) in [5.74, 6) is -0.645. The Hall–Kier alpha value is -2.15. The van der Waals surface area contributed by atoms with Gasteiger partial charge in [-0.2, -0.15) is 0 Å². The summed E-state index contributed by atoms with van der Waals surface area (Å²) in [5, 5.41) is 12.3. The summed E-state index contributed by atoms with van der Waals surface area (Å²) in [6.07, 6.45) is 0.618. The lowest BCUT2D eigenvalue weighted by Crippen LogP contribution is -2.44. The number of nitrogens with one attached hydrogen (secondary N) is 1. The minimum Gasteiger partial charge on any atom is -0.461 e. The molecule has 1 fully saturated rings. The Kier molecular flexibility index (Phi) is 9.38. The average Bonchev–Trinajstić information content (AvgIpc) is 2.60. The first-order valence-electron chi connectivity index (χ1n) is 9.56. The maximum Gasteiger partial charge on any atom is 0.408 e. The van der Waals surface area contributed by atoms with Gasteiger partial charge in [0.1, 0.15) is 23.6 Å². The summed E-state index contributed by atoms with van der Waals surface area (Å²) in [7, 11) is 0. The number of cyclic esters (lactones) is 1. The van der Waals surface area contributed by atoms with E-state index in [0.717, 1.165) is 5.56 Å². The fourth-order valence-corrected chi connectivity index (χ4v) is 2.62. The highest BCUT2D eigenvalue weighted by atomic mass is 19.1. The summed E-state index contributed by atoms with van der Waals surface area (Å²) in [6.45, 7) is 8.93. The van der Waals surface area contributed by atoms with Crippen LogP contribution >= 0.6 is 0 Å². The highest BCUT2D eigenvalue weighted by Crippen LogP contribution is 2.16. The van der Waals surface area contributed by atoms with E-state index in [1.807, 2.05) is 6.92 Å². The van der Waals surface area contributed by atoms with Gasteiger partial charge in [0.15, 0.2) is 0 Å². The van der Waals surface area contributed by atoms with Crippen molar-refractivity contribution >= 4 is 12.1 Å². The Balaban J connectivity index is 0.000000406. The Bertz CT molecular complexity index is 606. The summed E-state index contributed by atoms with van der Waals surface area (Å²) in [4.78, 5) is 23.7. The largest absolute Gasteiger partial charge is 0.461 e. The second-order valence-electron chi connectivity index (χ2n) is 8.06. The number of aryl methyl sites for hydroxylation is 1. The van der Waals surface area contributed by atoms with Crippen molar-refractivity contribution in [2.75, 3.05) is 0 Å². The molecular weight excluding hydrogens is 365 g/mol. The molecule has 0 bridgehead atoms. The molecule has 2 N–H and O–H groups in total. The fourth-order valence-electron chi connectivity index (χ4n) is 2.62. The Morgan fingerprint density at radius 1 is 1.25 bits per heavy atom. The van der Waals surface area contributed by atoms with E-state index in [2.05, 4.69) is 5.32 Å².